The number of hydrogen-bond donors (Lipinski definition) is 2. The van der Waals surface area contributed by atoms with Gasteiger partial charge in [0.1, 0.15) is 0 Å². The first-order valence-corrected chi connectivity index (χ1v) is 9.34. The zero-order valence-corrected chi connectivity index (χ0v) is 15.5. The Morgan fingerprint density at radius 1 is 1.19 bits per heavy atom. The largest absolute Gasteiger partial charge is 0.352 e. The Morgan fingerprint density at radius 3 is 2.52 bits per heavy atom. The van der Waals surface area contributed by atoms with Gasteiger partial charge in [-0.3, -0.25) is 19.7 Å². The molecular weight excluding hydrogens is 366 g/mol. The fourth-order valence-corrected chi connectivity index (χ4v) is 3.29. The van der Waals surface area contributed by atoms with Gasteiger partial charge in [-0.1, -0.05) is 29.5 Å². The molecule has 2 amide bonds. The summed E-state index contributed by atoms with van der Waals surface area (Å²) in [6.07, 6.45) is 1.93. The predicted molar refractivity (Wildman–Crippen MR) is 102 cm³/mol. The summed E-state index contributed by atoms with van der Waals surface area (Å²) in [5.74, 6) is -0.775. The van der Waals surface area contributed by atoms with Gasteiger partial charge in [0, 0.05) is 22.6 Å². The summed E-state index contributed by atoms with van der Waals surface area (Å²) in [6.45, 7) is 1.82. The van der Waals surface area contributed by atoms with Crippen LogP contribution in [0.2, 0.25) is 0 Å². The van der Waals surface area contributed by atoms with E-state index in [0.29, 0.717) is 4.90 Å². The minimum atomic E-state index is -0.518. The van der Waals surface area contributed by atoms with Gasteiger partial charge in [-0.05, 0) is 44.0 Å². The number of hydrogen-bond acceptors (Lipinski definition) is 5. The van der Waals surface area contributed by atoms with Gasteiger partial charge >= 0.3 is 0 Å². The van der Waals surface area contributed by atoms with E-state index in [1.54, 1.807) is 6.07 Å². The molecule has 140 valence electrons. The molecule has 2 aromatic rings. The van der Waals surface area contributed by atoms with Crippen LogP contribution in [0.1, 0.15) is 28.8 Å². The maximum Gasteiger partial charge on any atom is 0.284 e. The highest BCUT2D eigenvalue weighted by atomic mass is 32.2. The van der Waals surface area contributed by atoms with E-state index >= 15 is 0 Å². The van der Waals surface area contributed by atoms with Gasteiger partial charge in [0.15, 0.2) is 0 Å². The summed E-state index contributed by atoms with van der Waals surface area (Å²) >= 11 is 1.27. The fourth-order valence-electron chi connectivity index (χ4n) is 2.39. The summed E-state index contributed by atoms with van der Waals surface area (Å²) < 4.78 is 0. The number of nitrogens with zero attached hydrogens (tertiary/aromatic N) is 1. The third-order valence-electron chi connectivity index (χ3n) is 4.02. The van der Waals surface area contributed by atoms with Crippen molar-refractivity contribution in [1.29, 1.82) is 0 Å². The van der Waals surface area contributed by atoms with Crippen LogP contribution in [0.3, 0.4) is 0 Å². The van der Waals surface area contributed by atoms with E-state index in [2.05, 4.69) is 10.6 Å². The summed E-state index contributed by atoms with van der Waals surface area (Å²) in [6, 6.07) is 12.2. The normalized spacial score (nSPS) is 13.1. The number of rotatable bonds is 7. The third kappa shape index (κ3) is 5.30. The van der Waals surface area contributed by atoms with Gasteiger partial charge in [-0.2, -0.15) is 0 Å². The lowest BCUT2D eigenvalue weighted by Crippen LogP contribution is -2.37. The first-order chi connectivity index (χ1) is 12.9. The Labute approximate surface area is 160 Å². The number of nitrogens with one attached hydrogen (secondary N) is 2. The highest BCUT2D eigenvalue weighted by Crippen LogP contribution is 2.35. The minimum absolute atomic E-state index is 0.143. The van der Waals surface area contributed by atoms with Crippen LogP contribution in [-0.2, 0) is 4.79 Å². The van der Waals surface area contributed by atoms with Gasteiger partial charge in [-0.25, -0.2) is 0 Å². The zero-order valence-electron chi connectivity index (χ0n) is 14.7. The second kappa shape index (κ2) is 8.22. The Morgan fingerprint density at radius 2 is 1.89 bits per heavy atom. The van der Waals surface area contributed by atoms with Crippen LogP contribution < -0.4 is 10.6 Å². The summed E-state index contributed by atoms with van der Waals surface area (Å²) in [7, 11) is 0. The Hall–Kier alpha value is -2.87. The van der Waals surface area contributed by atoms with Gasteiger partial charge < -0.3 is 10.6 Å². The highest BCUT2D eigenvalue weighted by molar-refractivity contribution is 7.99. The van der Waals surface area contributed by atoms with Crippen LogP contribution in [0.15, 0.2) is 52.3 Å². The molecule has 3 rings (SSSR count). The molecule has 1 saturated carbocycles. The summed E-state index contributed by atoms with van der Waals surface area (Å²) in [4.78, 5) is 36.1. The van der Waals surface area contributed by atoms with Gasteiger partial charge in [0.05, 0.1) is 16.4 Å². The number of carbonyl (C=O) groups excluding carboxylic acids is 2. The van der Waals surface area contributed by atoms with Gasteiger partial charge in [0.25, 0.3) is 11.6 Å². The van der Waals surface area contributed by atoms with E-state index in [1.165, 1.54) is 23.9 Å². The molecule has 0 aliphatic heterocycles. The standard InChI is InChI=1S/C19H19N3O4S/c1-12-2-7-15(8-3-12)27-17-9-4-13(10-16(17)22(25)26)19(24)20-11-18(23)21-14-5-6-14/h2-4,7-10,14H,5-6,11H2,1H3,(H,20,24)(H,21,23). The SMILES string of the molecule is Cc1ccc(Sc2ccc(C(=O)NCC(=O)NC3CC3)cc2[N+](=O)[O-])cc1. The minimum Gasteiger partial charge on any atom is -0.352 e. The molecule has 1 aliphatic carbocycles. The Bertz CT molecular complexity index is 879. The lowest BCUT2D eigenvalue weighted by atomic mass is 10.2. The molecule has 0 unspecified atom stereocenters. The molecule has 0 atom stereocenters. The number of benzene rings is 2. The summed E-state index contributed by atoms with van der Waals surface area (Å²) in [5, 5.41) is 16.7. The van der Waals surface area contributed by atoms with Crippen molar-refractivity contribution in [3.63, 3.8) is 0 Å². The molecule has 27 heavy (non-hydrogen) atoms. The van der Waals surface area contributed by atoms with Crippen LogP contribution in [0.5, 0.6) is 0 Å². The monoisotopic (exact) mass is 385 g/mol. The van der Waals surface area contributed by atoms with Crippen LogP contribution in [0.4, 0.5) is 5.69 Å². The molecule has 0 bridgehead atoms. The first-order valence-electron chi connectivity index (χ1n) is 8.53. The average molecular weight is 385 g/mol. The molecule has 7 nitrogen and oxygen atoms in total. The predicted octanol–water partition coefficient (Wildman–Crippen LogP) is 3.06. The maximum atomic E-state index is 12.2. The quantitative estimate of drug-likeness (QED) is 0.563. The molecule has 2 aromatic carbocycles. The highest BCUT2D eigenvalue weighted by Gasteiger charge is 2.23. The van der Waals surface area contributed by atoms with Crippen molar-refractivity contribution in [2.45, 2.75) is 35.6 Å². The Balaban J connectivity index is 1.70. The molecule has 0 radical (unpaired) electrons. The smallest absolute Gasteiger partial charge is 0.284 e. The number of nitro groups is 1. The van der Waals surface area contributed by atoms with E-state index < -0.39 is 10.8 Å². The zero-order chi connectivity index (χ0) is 19.4. The molecule has 8 heteroatoms. The van der Waals surface area contributed by atoms with Crippen molar-refractivity contribution in [1.82, 2.24) is 10.6 Å². The van der Waals surface area contributed by atoms with E-state index in [-0.39, 0.29) is 29.7 Å². The second-order valence-electron chi connectivity index (χ2n) is 6.38. The molecular formula is C19H19N3O4S. The van der Waals surface area contributed by atoms with E-state index in [4.69, 9.17) is 0 Å². The number of aryl methyl sites for hydroxylation is 1. The van der Waals surface area contributed by atoms with Crippen molar-refractivity contribution < 1.29 is 14.5 Å². The molecule has 1 fully saturated rings. The molecule has 0 saturated heterocycles. The van der Waals surface area contributed by atoms with Crippen molar-refractivity contribution >= 4 is 29.3 Å². The molecule has 2 N–H and O–H groups in total. The van der Waals surface area contributed by atoms with E-state index in [9.17, 15) is 19.7 Å². The van der Waals surface area contributed by atoms with Crippen molar-refractivity contribution in [3.05, 3.63) is 63.7 Å². The van der Waals surface area contributed by atoms with Crippen LogP contribution >= 0.6 is 11.8 Å². The molecule has 0 heterocycles. The second-order valence-corrected chi connectivity index (χ2v) is 7.49. The lowest BCUT2D eigenvalue weighted by Gasteiger charge is -2.08. The number of amides is 2. The third-order valence-corrected chi connectivity index (χ3v) is 5.09. The van der Waals surface area contributed by atoms with Crippen LogP contribution in [0.25, 0.3) is 0 Å². The van der Waals surface area contributed by atoms with Gasteiger partial charge in [-0.15, -0.1) is 0 Å². The Kier molecular flexibility index (Phi) is 5.75. The van der Waals surface area contributed by atoms with Crippen molar-refractivity contribution in [2.24, 2.45) is 0 Å². The van der Waals surface area contributed by atoms with Crippen molar-refractivity contribution in [2.75, 3.05) is 6.54 Å². The molecule has 1 aliphatic rings. The fraction of sp³-hybridized carbons (Fsp3) is 0.263. The first kappa shape index (κ1) is 18.9. The lowest BCUT2D eigenvalue weighted by molar-refractivity contribution is -0.387. The van der Waals surface area contributed by atoms with E-state index in [1.807, 2.05) is 31.2 Å². The average Bonchev–Trinajstić information content (AvgIpc) is 3.45. The van der Waals surface area contributed by atoms with Crippen LogP contribution in [-0.4, -0.2) is 29.3 Å². The topological polar surface area (TPSA) is 101 Å². The number of nitro benzene ring substituents is 1. The van der Waals surface area contributed by atoms with E-state index in [0.717, 1.165) is 23.3 Å². The molecule has 0 aromatic heterocycles. The van der Waals surface area contributed by atoms with Crippen LogP contribution in [0, 0.1) is 17.0 Å². The summed E-state index contributed by atoms with van der Waals surface area (Å²) in [5.41, 5.74) is 1.11. The maximum absolute atomic E-state index is 12.2. The number of carbonyl (C=O) groups is 2. The van der Waals surface area contributed by atoms with Gasteiger partial charge in [0.2, 0.25) is 5.91 Å². The van der Waals surface area contributed by atoms with Crippen molar-refractivity contribution in [3.8, 4) is 0 Å². The molecule has 0 spiro atoms.